The molecule has 0 bridgehead atoms. The fourth-order valence-corrected chi connectivity index (χ4v) is 0.584. The SMILES string of the molecule is O=[N+]([O-])c1ccc(S)o1. The first-order chi connectivity index (χ1) is 4.20. The first-order valence-corrected chi connectivity index (χ1v) is 2.58. The van der Waals surface area contributed by atoms with Crippen molar-refractivity contribution in [2.24, 2.45) is 0 Å². The van der Waals surface area contributed by atoms with Gasteiger partial charge in [-0.3, -0.25) is 10.1 Å². The fraction of sp³-hybridized carbons (Fsp3) is 0. The van der Waals surface area contributed by atoms with Gasteiger partial charge in [0.15, 0.2) is 5.09 Å². The lowest BCUT2D eigenvalue weighted by Gasteiger charge is -1.78. The van der Waals surface area contributed by atoms with Gasteiger partial charge in [0, 0.05) is 0 Å². The maximum atomic E-state index is 9.89. The van der Waals surface area contributed by atoms with Crippen LogP contribution in [-0.2, 0) is 0 Å². The van der Waals surface area contributed by atoms with E-state index in [-0.39, 0.29) is 11.0 Å². The van der Waals surface area contributed by atoms with Crippen molar-refractivity contribution in [1.29, 1.82) is 0 Å². The number of nitrogens with zero attached hydrogens (tertiary/aromatic N) is 1. The van der Waals surface area contributed by atoms with Crippen molar-refractivity contribution in [1.82, 2.24) is 0 Å². The van der Waals surface area contributed by atoms with E-state index < -0.39 is 4.92 Å². The molecular formula is C4H3NO3S. The molecular weight excluding hydrogens is 142 g/mol. The molecule has 0 saturated heterocycles. The van der Waals surface area contributed by atoms with Gasteiger partial charge in [-0.1, -0.05) is 0 Å². The Labute approximate surface area is 56.0 Å². The lowest BCUT2D eigenvalue weighted by atomic mass is 10.6. The molecule has 0 saturated carbocycles. The van der Waals surface area contributed by atoms with Crippen LogP contribution >= 0.6 is 12.6 Å². The van der Waals surface area contributed by atoms with Crippen molar-refractivity contribution in [3.05, 3.63) is 22.2 Å². The average Bonchev–Trinajstić information content (AvgIpc) is 2.14. The first kappa shape index (κ1) is 6.15. The Balaban J connectivity index is 2.98. The van der Waals surface area contributed by atoms with Crippen LogP contribution in [0.1, 0.15) is 0 Å². The lowest BCUT2D eigenvalue weighted by Crippen LogP contribution is -1.82. The van der Waals surface area contributed by atoms with Crippen molar-refractivity contribution in [2.75, 3.05) is 0 Å². The maximum absolute atomic E-state index is 9.89. The van der Waals surface area contributed by atoms with E-state index in [0.29, 0.717) is 0 Å². The number of hydrogen-bond acceptors (Lipinski definition) is 4. The van der Waals surface area contributed by atoms with Crippen LogP contribution in [0.5, 0.6) is 0 Å². The number of furan rings is 1. The molecule has 4 nitrogen and oxygen atoms in total. The average molecular weight is 145 g/mol. The van der Waals surface area contributed by atoms with Gasteiger partial charge >= 0.3 is 5.88 Å². The van der Waals surface area contributed by atoms with Gasteiger partial charge in [0.05, 0.1) is 6.07 Å². The van der Waals surface area contributed by atoms with E-state index in [2.05, 4.69) is 17.0 Å². The standard InChI is InChI=1S/C4H3NO3S/c6-5(7)3-1-2-4(9)8-3/h1-2,9H. The zero-order valence-corrected chi connectivity index (χ0v) is 5.17. The molecule has 0 amide bonds. The molecule has 0 spiro atoms. The van der Waals surface area contributed by atoms with Crippen LogP contribution < -0.4 is 0 Å². The van der Waals surface area contributed by atoms with Crippen molar-refractivity contribution in [3.8, 4) is 0 Å². The summed E-state index contributed by atoms with van der Waals surface area (Å²) in [6.07, 6.45) is 0. The Morgan fingerprint density at radius 2 is 2.33 bits per heavy atom. The molecule has 1 aromatic rings. The number of rotatable bonds is 1. The summed E-state index contributed by atoms with van der Waals surface area (Å²) >= 11 is 3.73. The molecule has 0 fully saturated rings. The third kappa shape index (κ3) is 1.23. The van der Waals surface area contributed by atoms with E-state index in [1.807, 2.05) is 0 Å². The van der Waals surface area contributed by atoms with Crippen LogP contribution in [0.15, 0.2) is 21.6 Å². The van der Waals surface area contributed by atoms with Gasteiger partial charge in [-0.05, 0) is 6.07 Å². The second-order valence-electron chi connectivity index (χ2n) is 1.37. The van der Waals surface area contributed by atoms with Crippen LogP contribution in [0.2, 0.25) is 0 Å². The van der Waals surface area contributed by atoms with Crippen LogP contribution in [0, 0.1) is 10.1 Å². The highest BCUT2D eigenvalue weighted by Gasteiger charge is 2.08. The summed E-state index contributed by atoms with van der Waals surface area (Å²) in [7, 11) is 0. The third-order valence-corrected chi connectivity index (χ3v) is 0.998. The van der Waals surface area contributed by atoms with Gasteiger partial charge in [-0.2, -0.15) is 0 Å². The molecule has 0 N–H and O–H groups in total. The van der Waals surface area contributed by atoms with E-state index in [1.54, 1.807) is 0 Å². The molecule has 0 aliphatic heterocycles. The molecule has 1 aromatic heterocycles. The summed E-state index contributed by atoms with van der Waals surface area (Å²) in [5.41, 5.74) is 0. The zero-order valence-electron chi connectivity index (χ0n) is 4.27. The molecule has 5 heteroatoms. The van der Waals surface area contributed by atoms with Crippen LogP contribution in [0.3, 0.4) is 0 Å². The number of hydrogen-bond donors (Lipinski definition) is 1. The van der Waals surface area contributed by atoms with E-state index in [4.69, 9.17) is 0 Å². The predicted molar refractivity (Wildman–Crippen MR) is 32.6 cm³/mol. The molecule has 1 rings (SSSR count). The molecule has 0 aliphatic carbocycles. The minimum atomic E-state index is -0.611. The van der Waals surface area contributed by atoms with Crippen LogP contribution in [0.4, 0.5) is 5.88 Å². The van der Waals surface area contributed by atoms with Gasteiger partial charge < -0.3 is 4.42 Å². The second kappa shape index (κ2) is 2.10. The van der Waals surface area contributed by atoms with Crippen molar-refractivity contribution < 1.29 is 9.34 Å². The van der Waals surface area contributed by atoms with Crippen molar-refractivity contribution >= 4 is 18.5 Å². The first-order valence-electron chi connectivity index (χ1n) is 2.13. The minimum Gasteiger partial charge on any atom is -0.394 e. The highest BCUT2D eigenvalue weighted by atomic mass is 32.1. The van der Waals surface area contributed by atoms with Crippen LogP contribution in [-0.4, -0.2) is 4.92 Å². The Morgan fingerprint density at radius 1 is 1.67 bits per heavy atom. The number of nitro groups is 1. The second-order valence-corrected chi connectivity index (χ2v) is 1.81. The topological polar surface area (TPSA) is 56.3 Å². The van der Waals surface area contributed by atoms with Crippen molar-refractivity contribution in [3.63, 3.8) is 0 Å². The molecule has 0 atom stereocenters. The minimum absolute atomic E-state index is 0.252. The highest BCUT2D eigenvalue weighted by molar-refractivity contribution is 7.80. The molecule has 0 radical (unpaired) electrons. The Hall–Kier alpha value is -0.970. The normalized spacial score (nSPS) is 9.44. The van der Waals surface area contributed by atoms with E-state index in [9.17, 15) is 10.1 Å². The van der Waals surface area contributed by atoms with Gasteiger partial charge in [0.2, 0.25) is 0 Å². The Kier molecular flexibility index (Phi) is 1.44. The summed E-state index contributed by atoms with van der Waals surface area (Å²) in [6.45, 7) is 0. The molecule has 9 heavy (non-hydrogen) atoms. The summed E-state index contributed by atoms with van der Waals surface area (Å²) in [5, 5.41) is 10.1. The summed E-state index contributed by atoms with van der Waals surface area (Å²) in [6, 6.07) is 2.67. The summed E-state index contributed by atoms with van der Waals surface area (Å²) in [5.74, 6) is -0.278. The summed E-state index contributed by atoms with van der Waals surface area (Å²) < 4.78 is 4.51. The zero-order chi connectivity index (χ0) is 6.85. The molecule has 0 aliphatic rings. The molecule has 0 unspecified atom stereocenters. The maximum Gasteiger partial charge on any atom is 0.434 e. The van der Waals surface area contributed by atoms with E-state index >= 15 is 0 Å². The largest absolute Gasteiger partial charge is 0.434 e. The Morgan fingerprint density at radius 3 is 2.56 bits per heavy atom. The Bertz CT molecular complexity index is 231. The number of thiol groups is 1. The van der Waals surface area contributed by atoms with Gasteiger partial charge in [0.1, 0.15) is 4.92 Å². The van der Waals surface area contributed by atoms with Crippen LogP contribution in [0.25, 0.3) is 0 Å². The highest BCUT2D eigenvalue weighted by Crippen LogP contribution is 2.17. The molecule has 1 heterocycles. The van der Waals surface area contributed by atoms with E-state index in [1.165, 1.54) is 12.1 Å². The smallest absolute Gasteiger partial charge is 0.394 e. The monoisotopic (exact) mass is 145 g/mol. The van der Waals surface area contributed by atoms with Gasteiger partial charge in [-0.15, -0.1) is 12.6 Å². The van der Waals surface area contributed by atoms with Gasteiger partial charge in [-0.25, -0.2) is 0 Å². The van der Waals surface area contributed by atoms with E-state index in [0.717, 1.165) is 0 Å². The summed E-state index contributed by atoms with van der Waals surface area (Å²) in [4.78, 5) is 9.28. The molecule has 0 aromatic carbocycles. The van der Waals surface area contributed by atoms with Crippen molar-refractivity contribution in [2.45, 2.75) is 5.09 Å². The fourth-order valence-electron chi connectivity index (χ4n) is 0.416. The lowest BCUT2D eigenvalue weighted by molar-refractivity contribution is -0.403. The molecule has 48 valence electrons. The third-order valence-electron chi connectivity index (χ3n) is 0.758. The quantitative estimate of drug-likeness (QED) is 0.370. The van der Waals surface area contributed by atoms with Gasteiger partial charge in [0.25, 0.3) is 0 Å². The predicted octanol–water partition coefficient (Wildman–Crippen LogP) is 1.48.